The normalized spacial score (nSPS) is 17.8. The molecule has 2 aliphatic rings. The molecule has 7 N–H and O–H groups in total. The number of nitrogens with zero attached hydrogens (tertiary/aromatic N) is 1. The van der Waals surface area contributed by atoms with Gasteiger partial charge in [-0.05, 0) is 74.3 Å². The number of Topliss-reactive ketones (excluding diaryl/α,β-unsaturated/α-hetero) is 2. The average Bonchev–Trinajstić information content (AvgIpc) is 3.66. The van der Waals surface area contributed by atoms with Crippen molar-refractivity contribution in [3.05, 3.63) is 65.7 Å². The van der Waals surface area contributed by atoms with Crippen LogP contribution in [0.3, 0.4) is 0 Å². The van der Waals surface area contributed by atoms with Gasteiger partial charge in [0.25, 0.3) is 5.91 Å². The maximum Gasteiger partial charge on any atom is 0.412 e. The van der Waals surface area contributed by atoms with E-state index in [2.05, 4.69) is 26.6 Å². The summed E-state index contributed by atoms with van der Waals surface area (Å²) >= 11 is 0. The Hall–Kier alpha value is -6.33. The van der Waals surface area contributed by atoms with Gasteiger partial charge in [-0.2, -0.15) is 0 Å². The van der Waals surface area contributed by atoms with Gasteiger partial charge in [0.1, 0.15) is 23.9 Å². The molecule has 4 rings (SSSR count). The van der Waals surface area contributed by atoms with Gasteiger partial charge in [-0.15, -0.1) is 0 Å². The Morgan fingerprint density at radius 1 is 0.852 bits per heavy atom. The van der Waals surface area contributed by atoms with E-state index >= 15 is 0 Å². The summed E-state index contributed by atoms with van der Waals surface area (Å²) in [5.41, 5.74) is 6.31. The van der Waals surface area contributed by atoms with Gasteiger partial charge in [0, 0.05) is 12.1 Å². The lowest BCUT2D eigenvalue weighted by Gasteiger charge is -2.34. The molecule has 2 fully saturated rings. The number of nitrogens with two attached hydrogens (primary N) is 1. The quantitative estimate of drug-likeness (QED) is 0.0884. The fourth-order valence-corrected chi connectivity index (χ4v) is 7.34. The molecule has 0 bridgehead atoms. The minimum atomic E-state index is -1.37. The van der Waals surface area contributed by atoms with Gasteiger partial charge in [-0.1, -0.05) is 76.8 Å². The van der Waals surface area contributed by atoms with E-state index in [4.69, 9.17) is 15.2 Å². The maximum absolute atomic E-state index is 14.6. The summed E-state index contributed by atoms with van der Waals surface area (Å²) in [5, 5.41) is 12.7. The lowest BCUT2D eigenvalue weighted by molar-refractivity contribution is -0.143. The average molecular weight is 848 g/mol. The number of alkyl carbamates (subject to hydrolysis) is 1. The topological polar surface area (TPSA) is 262 Å². The second-order valence-electron chi connectivity index (χ2n) is 15.8. The Labute approximate surface area is 354 Å². The minimum absolute atomic E-state index is 0.0208. The van der Waals surface area contributed by atoms with Crippen LogP contribution in [0.15, 0.2) is 54.6 Å². The van der Waals surface area contributed by atoms with Crippen LogP contribution in [0.5, 0.6) is 5.75 Å². The fourth-order valence-electron chi connectivity index (χ4n) is 7.34. The van der Waals surface area contributed by atoms with E-state index in [1.54, 1.807) is 37.3 Å². The SMILES string of the molecule is CCCC(NC(=O)C1C[C@@H](NC(=O)Oc2ccc(C(C)=O)cc2)CN1C(=O)[C@@H](NC(=O)OCC(C)C)C1CCCCC1)C(=O)C(=O)NCC(=O)N[C@H](C(N)=O)c1ccccc1. The van der Waals surface area contributed by atoms with E-state index in [0.29, 0.717) is 30.4 Å². The number of ether oxygens (including phenoxy) is 2. The molecule has 2 unspecified atom stereocenters. The summed E-state index contributed by atoms with van der Waals surface area (Å²) in [6.45, 7) is 6.14. The Morgan fingerprint density at radius 3 is 2.13 bits per heavy atom. The number of amides is 7. The van der Waals surface area contributed by atoms with Gasteiger partial charge in [0.05, 0.1) is 25.2 Å². The number of rotatable bonds is 19. The van der Waals surface area contributed by atoms with Crippen molar-refractivity contribution in [2.75, 3.05) is 19.7 Å². The van der Waals surface area contributed by atoms with Crippen molar-refractivity contribution in [1.82, 2.24) is 31.5 Å². The van der Waals surface area contributed by atoms with E-state index in [0.717, 1.165) is 19.3 Å². The fraction of sp³-hybridized carbons (Fsp3) is 0.512. The van der Waals surface area contributed by atoms with E-state index in [9.17, 15) is 43.2 Å². The Bertz CT molecular complexity index is 1900. The first kappa shape index (κ1) is 47.3. The van der Waals surface area contributed by atoms with Crippen LogP contribution in [0.25, 0.3) is 0 Å². The van der Waals surface area contributed by atoms with Crippen molar-refractivity contribution >= 4 is 53.3 Å². The molecule has 0 spiro atoms. The number of carbonyl (C=O) groups is 9. The van der Waals surface area contributed by atoms with Crippen LogP contribution < -0.4 is 37.1 Å². The van der Waals surface area contributed by atoms with Crippen LogP contribution in [-0.2, 0) is 33.5 Å². The maximum atomic E-state index is 14.6. The highest BCUT2D eigenvalue weighted by molar-refractivity contribution is 6.38. The first-order chi connectivity index (χ1) is 29.1. The van der Waals surface area contributed by atoms with Crippen LogP contribution in [0.1, 0.15) is 101 Å². The molecule has 0 aromatic heterocycles. The van der Waals surface area contributed by atoms with E-state index in [-0.39, 0.29) is 49.4 Å². The molecule has 1 aliphatic carbocycles. The molecule has 330 valence electrons. The van der Waals surface area contributed by atoms with Crippen molar-refractivity contribution in [2.24, 2.45) is 17.6 Å². The number of primary amides is 1. The largest absolute Gasteiger partial charge is 0.449 e. The van der Waals surface area contributed by atoms with Gasteiger partial charge in [-0.3, -0.25) is 33.6 Å². The summed E-state index contributed by atoms with van der Waals surface area (Å²) in [6, 6.07) is 8.38. The van der Waals surface area contributed by atoms with Crippen LogP contribution in [0.4, 0.5) is 9.59 Å². The molecule has 1 heterocycles. The van der Waals surface area contributed by atoms with Crippen LogP contribution in [0, 0.1) is 11.8 Å². The highest BCUT2D eigenvalue weighted by Crippen LogP contribution is 2.30. The summed E-state index contributed by atoms with van der Waals surface area (Å²) in [7, 11) is 0. The number of nitrogens with one attached hydrogen (secondary N) is 5. The molecule has 18 nitrogen and oxygen atoms in total. The first-order valence-electron chi connectivity index (χ1n) is 20.7. The number of hydrogen-bond acceptors (Lipinski definition) is 11. The number of ketones is 2. The summed E-state index contributed by atoms with van der Waals surface area (Å²) in [4.78, 5) is 119. The van der Waals surface area contributed by atoms with Crippen LogP contribution in [-0.4, -0.2) is 102 Å². The van der Waals surface area contributed by atoms with Crippen molar-refractivity contribution in [3.8, 4) is 5.75 Å². The van der Waals surface area contributed by atoms with E-state index in [1.165, 1.54) is 36.1 Å². The highest BCUT2D eigenvalue weighted by Gasteiger charge is 2.45. The highest BCUT2D eigenvalue weighted by atomic mass is 16.6. The molecule has 1 saturated carbocycles. The predicted molar refractivity (Wildman–Crippen MR) is 221 cm³/mol. The zero-order valence-electron chi connectivity index (χ0n) is 35.0. The number of likely N-dealkylation sites (tertiary alicyclic amines) is 1. The minimum Gasteiger partial charge on any atom is -0.449 e. The van der Waals surface area contributed by atoms with Crippen molar-refractivity contribution in [2.45, 2.75) is 109 Å². The molecule has 0 radical (unpaired) electrons. The summed E-state index contributed by atoms with van der Waals surface area (Å²) in [5.74, 6) is -5.52. The third kappa shape index (κ3) is 14.1. The van der Waals surface area contributed by atoms with Crippen molar-refractivity contribution in [3.63, 3.8) is 0 Å². The Balaban J connectivity index is 1.51. The molecule has 61 heavy (non-hydrogen) atoms. The summed E-state index contributed by atoms with van der Waals surface area (Å²) in [6.07, 6.45) is 2.47. The molecular weight excluding hydrogens is 791 g/mol. The lowest BCUT2D eigenvalue weighted by Crippen LogP contribution is -2.58. The molecule has 1 aliphatic heterocycles. The number of hydrogen-bond donors (Lipinski definition) is 6. The second kappa shape index (κ2) is 22.9. The van der Waals surface area contributed by atoms with Gasteiger partial charge >= 0.3 is 12.2 Å². The monoisotopic (exact) mass is 847 g/mol. The van der Waals surface area contributed by atoms with Gasteiger partial charge in [0.15, 0.2) is 5.78 Å². The third-order valence-electron chi connectivity index (χ3n) is 10.5. The van der Waals surface area contributed by atoms with Gasteiger partial charge in [-0.25, -0.2) is 9.59 Å². The third-order valence-corrected chi connectivity index (χ3v) is 10.5. The second-order valence-corrected chi connectivity index (χ2v) is 15.8. The lowest BCUT2D eigenvalue weighted by atomic mass is 9.83. The number of carbonyl (C=O) groups excluding carboxylic acids is 9. The zero-order chi connectivity index (χ0) is 44.6. The van der Waals surface area contributed by atoms with Gasteiger partial charge in [0.2, 0.25) is 29.4 Å². The predicted octanol–water partition coefficient (Wildman–Crippen LogP) is 2.59. The van der Waals surface area contributed by atoms with Gasteiger partial charge < -0.3 is 46.7 Å². The molecule has 5 atom stereocenters. The standard InChI is InChI=1S/C43H57N7O11/c1-5-12-32(37(53)40(56)45-22-34(52)48-35(38(44)54)28-13-8-6-9-14-28)47-39(55)33-21-30(46-43(59)61-31-19-17-27(18-20-31)26(4)51)23-50(33)41(57)36(29-15-10-7-11-16-29)49-42(58)60-24-25(2)3/h6,8-9,13-14,17-20,25,29-30,32-33,35-36H,5,7,10-12,15-16,21-24H2,1-4H3,(H2,44,54)(H,45,56)(H,46,59)(H,47,55)(H,48,52)(H,49,58)/t30-,32?,33?,35+,36+/m1/s1. The van der Waals surface area contributed by atoms with Crippen LogP contribution in [0.2, 0.25) is 0 Å². The van der Waals surface area contributed by atoms with Crippen molar-refractivity contribution in [1.29, 1.82) is 0 Å². The first-order valence-corrected chi connectivity index (χ1v) is 20.7. The van der Waals surface area contributed by atoms with Crippen LogP contribution >= 0.6 is 0 Å². The Kier molecular flexibility index (Phi) is 17.8. The molecule has 18 heteroatoms. The smallest absolute Gasteiger partial charge is 0.412 e. The molecule has 7 amide bonds. The molecule has 2 aromatic carbocycles. The van der Waals surface area contributed by atoms with Crippen molar-refractivity contribution < 1.29 is 52.6 Å². The summed E-state index contributed by atoms with van der Waals surface area (Å²) < 4.78 is 10.8. The molecule has 2 aromatic rings. The van der Waals surface area contributed by atoms with E-state index < -0.39 is 84.3 Å². The zero-order valence-corrected chi connectivity index (χ0v) is 35.0. The Morgan fingerprint density at radius 2 is 1.52 bits per heavy atom. The number of benzene rings is 2. The molecular formula is C43H57N7O11. The van der Waals surface area contributed by atoms with E-state index in [1.807, 2.05) is 13.8 Å². The molecule has 1 saturated heterocycles.